The first kappa shape index (κ1) is 12.4. The summed E-state index contributed by atoms with van der Waals surface area (Å²) in [6.07, 6.45) is 13.9. The SMILES string of the molecule is B/C(C=C)=C/C=C\CC1CCC(C)(C)C1. The lowest BCUT2D eigenvalue weighted by Crippen LogP contribution is -2.04. The molecule has 0 spiro atoms. The van der Waals surface area contributed by atoms with Crippen molar-refractivity contribution in [3.8, 4) is 0 Å². The van der Waals surface area contributed by atoms with Gasteiger partial charge in [0.2, 0.25) is 0 Å². The van der Waals surface area contributed by atoms with E-state index in [4.69, 9.17) is 0 Å². The summed E-state index contributed by atoms with van der Waals surface area (Å²) in [7, 11) is 2.08. The fourth-order valence-corrected chi connectivity index (χ4v) is 2.34. The van der Waals surface area contributed by atoms with Crippen LogP contribution in [-0.4, -0.2) is 7.85 Å². The van der Waals surface area contributed by atoms with Crippen molar-refractivity contribution in [2.75, 3.05) is 0 Å². The van der Waals surface area contributed by atoms with Gasteiger partial charge < -0.3 is 0 Å². The molecule has 0 amide bonds. The van der Waals surface area contributed by atoms with Crippen LogP contribution in [0.15, 0.2) is 36.4 Å². The molecule has 1 aliphatic carbocycles. The van der Waals surface area contributed by atoms with Crippen molar-refractivity contribution in [3.05, 3.63) is 36.4 Å². The van der Waals surface area contributed by atoms with Crippen molar-refractivity contribution >= 4 is 7.85 Å². The average Bonchev–Trinajstić information content (AvgIpc) is 2.52. The van der Waals surface area contributed by atoms with E-state index in [1.165, 1.54) is 31.2 Å². The first-order valence-corrected chi connectivity index (χ1v) is 5.99. The van der Waals surface area contributed by atoms with Crippen molar-refractivity contribution in [3.63, 3.8) is 0 Å². The Morgan fingerprint density at radius 3 is 2.80 bits per heavy atom. The Hall–Kier alpha value is -0.715. The molecule has 0 aliphatic heterocycles. The number of hydrogen-bond donors (Lipinski definition) is 0. The van der Waals surface area contributed by atoms with Gasteiger partial charge in [-0.1, -0.05) is 50.2 Å². The Kier molecular flexibility index (Phi) is 4.44. The highest BCUT2D eigenvalue weighted by molar-refractivity contribution is 6.23. The van der Waals surface area contributed by atoms with Crippen molar-refractivity contribution in [1.82, 2.24) is 0 Å². The molecule has 1 fully saturated rings. The maximum atomic E-state index is 3.73. The Bertz CT molecular complexity index is 271. The molecule has 1 atom stereocenters. The summed E-state index contributed by atoms with van der Waals surface area (Å²) in [4.78, 5) is 0. The Labute approximate surface area is 95.6 Å². The summed E-state index contributed by atoms with van der Waals surface area (Å²) in [6.45, 7) is 8.51. The minimum absolute atomic E-state index is 0.589. The minimum atomic E-state index is 0.589. The monoisotopic (exact) mass is 202 g/mol. The van der Waals surface area contributed by atoms with Gasteiger partial charge in [0.1, 0.15) is 7.85 Å². The van der Waals surface area contributed by atoms with E-state index >= 15 is 0 Å². The number of rotatable bonds is 4. The zero-order chi connectivity index (χ0) is 11.3. The van der Waals surface area contributed by atoms with Crippen LogP contribution < -0.4 is 0 Å². The summed E-state index contributed by atoms with van der Waals surface area (Å²) in [6, 6.07) is 0. The smallest absolute Gasteiger partial charge is 0.0996 e. The van der Waals surface area contributed by atoms with Crippen molar-refractivity contribution in [1.29, 1.82) is 0 Å². The zero-order valence-corrected chi connectivity index (χ0v) is 10.4. The van der Waals surface area contributed by atoms with Gasteiger partial charge in [0.15, 0.2) is 0 Å². The normalized spacial score (nSPS) is 26.0. The Morgan fingerprint density at radius 1 is 1.53 bits per heavy atom. The Morgan fingerprint density at radius 2 is 2.27 bits per heavy atom. The molecule has 0 saturated heterocycles. The van der Waals surface area contributed by atoms with Crippen LogP contribution >= 0.6 is 0 Å². The molecule has 0 nitrogen and oxygen atoms in total. The molecule has 0 aromatic rings. The van der Waals surface area contributed by atoms with Gasteiger partial charge in [-0.05, 0) is 37.0 Å². The van der Waals surface area contributed by atoms with E-state index in [0.29, 0.717) is 5.41 Å². The second kappa shape index (κ2) is 5.39. The zero-order valence-electron chi connectivity index (χ0n) is 10.4. The maximum Gasteiger partial charge on any atom is 0.139 e. The van der Waals surface area contributed by atoms with Gasteiger partial charge in [0.05, 0.1) is 0 Å². The van der Waals surface area contributed by atoms with Crippen LogP contribution in [0.2, 0.25) is 0 Å². The van der Waals surface area contributed by atoms with Gasteiger partial charge >= 0.3 is 0 Å². The summed E-state index contributed by atoms with van der Waals surface area (Å²) in [5.74, 6) is 0.911. The van der Waals surface area contributed by atoms with Crippen molar-refractivity contribution < 1.29 is 0 Å². The fraction of sp³-hybridized carbons (Fsp3) is 0.571. The van der Waals surface area contributed by atoms with E-state index in [9.17, 15) is 0 Å². The van der Waals surface area contributed by atoms with Crippen molar-refractivity contribution in [2.45, 2.75) is 39.5 Å². The van der Waals surface area contributed by atoms with Crippen LogP contribution in [0.1, 0.15) is 39.5 Å². The van der Waals surface area contributed by atoms with Crippen LogP contribution in [0, 0.1) is 11.3 Å². The standard InChI is InChI=1S/C14H23B/c1-4-13(15)8-6-5-7-12-9-10-14(2,3)11-12/h4-6,8,12H,1,7,9-11,15H2,2-3H3/b6-5-,13-8+. The third kappa shape index (κ3) is 4.55. The van der Waals surface area contributed by atoms with Crippen LogP contribution in [0.5, 0.6) is 0 Å². The third-order valence-electron chi connectivity index (χ3n) is 3.36. The average molecular weight is 202 g/mol. The molecule has 0 bridgehead atoms. The molecule has 82 valence electrons. The third-order valence-corrected chi connectivity index (χ3v) is 3.36. The molecule has 1 aliphatic rings. The summed E-state index contributed by atoms with van der Waals surface area (Å²) in [5.41, 5.74) is 1.82. The van der Waals surface area contributed by atoms with E-state index < -0.39 is 0 Å². The molecule has 0 radical (unpaired) electrons. The molecule has 15 heavy (non-hydrogen) atoms. The molecule has 0 N–H and O–H groups in total. The molecule has 1 unspecified atom stereocenters. The second-order valence-corrected chi connectivity index (χ2v) is 5.55. The van der Waals surface area contributed by atoms with Crippen LogP contribution in [0.3, 0.4) is 0 Å². The first-order valence-electron chi connectivity index (χ1n) is 5.99. The van der Waals surface area contributed by atoms with E-state index in [1.54, 1.807) is 0 Å². The summed E-state index contributed by atoms with van der Waals surface area (Å²) >= 11 is 0. The quantitative estimate of drug-likeness (QED) is 0.483. The van der Waals surface area contributed by atoms with Gasteiger partial charge in [-0.2, -0.15) is 0 Å². The van der Waals surface area contributed by atoms with Gasteiger partial charge in [0.25, 0.3) is 0 Å². The Balaban J connectivity index is 2.30. The lowest BCUT2D eigenvalue weighted by Gasteiger charge is -2.16. The maximum absolute atomic E-state index is 3.73. The topological polar surface area (TPSA) is 0 Å². The van der Waals surface area contributed by atoms with E-state index in [-0.39, 0.29) is 0 Å². The van der Waals surface area contributed by atoms with E-state index in [0.717, 1.165) is 5.92 Å². The molecular weight excluding hydrogens is 179 g/mol. The highest BCUT2D eigenvalue weighted by Crippen LogP contribution is 2.42. The van der Waals surface area contributed by atoms with Gasteiger partial charge in [-0.3, -0.25) is 0 Å². The van der Waals surface area contributed by atoms with Crippen molar-refractivity contribution in [2.24, 2.45) is 11.3 Å². The van der Waals surface area contributed by atoms with Crippen LogP contribution in [0.25, 0.3) is 0 Å². The van der Waals surface area contributed by atoms with Gasteiger partial charge in [0, 0.05) is 0 Å². The largest absolute Gasteiger partial charge is 0.139 e. The molecule has 0 heterocycles. The predicted octanol–water partition coefficient (Wildman–Crippen LogP) is 3.46. The number of allylic oxidation sites excluding steroid dienone is 5. The fourth-order valence-electron chi connectivity index (χ4n) is 2.34. The number of hydrogen-bond acceptors (Lipinski definition) is 0. The molecule has 1 rings (SSSR count). The highest BCUT2D eigenvalue weighted by Gasteiger charge is 2.29. The van der Waals surface area contributed by atoms with Crippen LogP contribution in [-0.2, 0) is 0 Å². The summed E-state index contributed by atoms with van der Waals surface area (Å²) in [5, 5.41) is 0. The molecular formula is C14H23B. The first-order chi connectivity index (χ1) is 7.03. The predicted molar refractivity (Wildman–Crippen MR) is 71.7 cm³/mol. The lowest BCUT2D eigenvalue weighted by molar-refractivity contribution is 0.361. The molecule has 0 aromatic carbocycles. The van der Waals surface area contributed by atoms with Gasteiger partial charge in [-0.25, -0.2) is 0 Å². The molecule has 1 heteroatoms. The molecule has 0 aromatic heterocycles. The highest BCUT2D eigenvalue weighted by atomic mass is 14.3. The second-order valence-electron chi connectivity index (χ2n) is 5.55. The summed E-state index contributed by atoms with van der Waals surface area (Å²) < 4.78 is 0. The van der Waals surface area contributed by atoms with E-state index in [2.05, 4.69) is 46.5 Å². The van der Waals surface area contributed by atoms with Crippen LogP contribution in [0.4, 0.5) is 0 Å². The lowest BCUT2D eigenvalue weighted by atomic mass is 9.90. The van der Waals surface area contributed by atoms with Gasteiger partial charge in [-0.15, -0.1) is 0 Å². The molecule has 1 saturated carbocycles. The minimum Gasteiger partial charge on any atom is -0.0996 e. The van der Waals surface area contributed by atoms with E-state index in [1.807, 2.05) is 6.08 Å².